The summed E-state index contributed by atoms with van der Waals surface area (Å²) < 4.78 is 14.4. The van der Waals surface area contributed by atoms with E-state index < -0.39 is 29.7 Å². The third-order valence-electron chi connectivity index (χ3n) is 2.79. The normalized spacial score (nSPS) is 17.9. The fraction of sp³-hybridized carbons (Fsp3) is 0.643. The van der Waals surface area contributed by atoms with Gasteiger partial charge in [0.1, 0.15) is 17.2 Å². The summed E-state index contributed by atoms with van der Waals surface area (Å²) in [6, 6.07) is -0.795. The number of hydroxylamine groups is 2. The van der Waals surface area contributed by atoms with Crippen molar-refractivity contribution in [3.8, 4) is 0 Å². The van der Waals surface area contributed by atoms with Gasteiger partial charge in [-0.25, -0.2) is 14.4 Å². The highest BCUT2D eigenvalue weighted by Crippen LogP contribution is 2.31. The lowest BCUT2D eigenvalue weighted by Crippen LogP contribution is -2.41. The van der Waals surface area contributed by atoms with Crippen molar-refractivity contribution < 1.29 is 33.4 Å². The summed E-state index contributed by atoms with van der Waals surface area (Å²) in [7, 11) is 2.32. The highest BCUT2D eigenvalue weighted by Gasteiger charge is 2.46. The molecule has 0 saturated heterocycles. The van der Waals surface area contributed by atoms with Gasteiger partial charge in [0.2, 0.25) is 0 Å². The molecule has 0 aromatic heterocycles. The van der Waals surface area contributed by atoms with Crippen LogP contribution in [-0.4, -0.2) is 49.0 Å². The molecule has 0 saturated carbocycles. The van der Waals surface area contributed by atoms with Crippen molar-refractivity contribution in [2.24, 2.45) is 0 Å². The number of rotatable bonds is 3. The molecule has 8 nitrogen and oxygen atoms in total. The molecule has 0 N–H and O–H groups in total. The van der Waals surface area contributed by atoms with E-state index in [0.717, 1.165) is 12.2 Å². The van der Waals surface area contributed by atoms with Gasteiger partial charge in [0.25, 0.3) is 5.76 Å². The van der Waals surface area contributed by atoms with E-state index in [1.54, 1.807) is 27.7 Å². The molecule has 1 aliphatic heterocycles. The Morgan fingerprint density at radius 1 is 1.14 bits per heavy atom. The lowest BCUT2D eigenvalue weighted by Gasteiger charge is -2.27. The number of ether oxygens (including phenoxy) is 3. The minimum atomic E-state index is -0.870. The molecule has 0 bridgehead atoms. The van der Waals surface area contributed by atoms with Gasteiger partial charge < -0.3 is 19.0 Å². The maximum atomic E-state index is 12.2. The topological polar surface area (TPSA) is 91.4 Å². The van der Waals surface area contributed by atoms with E-state index in [9.17, 15) is 14.4 Å². The summed E-state index contributed by atoms with van der Waals surface area (Å²) in [6.07, 6.45) is -0.482. The van der Waals surface area contributed by atoms with E-state index in [2.05, 4.69) is 9.47 Å². The fourth-order valence-corrected chi connectivity index (χ4v) is 1.90. The standard InChI is InChI=1S/C14H21NO7/c1-7-8-9(11(16)19-5)10(12(17)20-6)22-15(8)13(18)21-14(2,3)4/h8H,7H2,1-6H3. The van der Waals surface area contributed by atoms with Crippen molar-refractivity contribution in [3.05, 3.63) is 11.3 Å². The molecular weight excluding hydrogens is 294 g/mol. The first-order valence-corrected chi connectivity index (χ1v) is 6.77. The second kappa shape index (κ2) is 6.67. The molecule has 1 unspecified atom stereocenters. The molecule has 0 fully saturated rings. The Bertz CT molecular complexity index is 504. The molecule has 22 heavy (non-hydrogen) atoms. The summed E-state index contributed by atoms with van der Waals surface area (Å²) in [5.41, 5.74) is -0.819. The van der Waals surface area contributed by atoms with E-state index in [1.807, 2.05) is 0 Å². The number of hydrogen-bond acceptors (Lipinski definition) is 7. The average molecular weight is 315 g/mol. The van der Waals surface area contributed by atoms with Crippen LogP contribution >= 0.6 is 0 Å². The van der Waals surface area contributed by atoms with Crippen LogP contribution in [0.3, 0.4) is 0 Å². The van der Waals surface area contributed by atoms with Crippen molar-refractivity contribution in [2.45, 2.75) is 45.8 Å². The molecule has 0 aromatic carbocycles. The Kier molecular flexibility index (Phi) is 5.40. The van der Waals surface area contributed by atoms with Crippen LogP contribution in [0.1, 0.15) is 34.1 Å². The van der Waals surface area contributed by atoms with Crippen LogP contribution in [0, 0.1) is 0 Å². The first kappa shape index (κ1) is 17.8. The summed E-state index contributed by atoms with van der Waals surface area (Å²) in [4.78, 5) is 41.1. The third kappa shape index (κ3) is 3.69. The van der Waals surface area contributed by atoms with Crippen molar-refractivity contribution in [2.75, 3.05) is 14.2 Å². The van der Waals surface area contributed by atoms with Crippen molar-refractivity contribution in [3.63, 3.8) is 0 Å². The van der Waals surface area contributed by atoms with Crippen LogP contribution in [0.5, 0.6) is 0 Å². The van der Waals surface area contributed by atoms with Crippen LogP contribution < -0.4 is 0 Å². The number of esters is 2. The van der Waals surface area contributed by atoms with Gasteiger partial charge in [0.15, 0.2) is 0 Å². The quantitative estimate of drug-likeness (QED) is 0.576. The molecular formula is C14H21NO7. The van der Waals surface area contributed by atoms with Crippen molar-refractivity contribution in [1.82, 2.24) is 5.06 Å². The SMILES string of the molecule is CCC1C(C(=O)OC)=C(C(=O)OC)ON1C(=O)OC(C)(C)C. The van der Waals surface area contributed by atoms with E-state index in [1.165, 1.54) is 7.11 Å². The van der Waals surface area contributed by atoms with Crippen LogP contribution in [0.4, 0.5) is 4.79 Å². The van der Waals surface area contributed by atoms with Gasteiger partial charge in [0, 0.05) is 0 Å². The predicted molar refractivity (Wildman–Crippen MR) is 74.3 cm³/mol. The molecule has 1 heterocycles. The smallest absolute Gasteiger partial charge is 0.444 e. The van der Waals surface area contributed by atoms with Crippen LogP contribution in [-0.2, 0) is 28.6 Å². The number of carbonyl (C=O) groups excluding carboxylic acids is 3. The van der Waals surface area contributed by atoms with Gasteiger partial charge in [-0.05, 0) is 27.2 Å². The monoisotopic (exact) mass is 315 g/mol. The maximum Gasteiger partial charge on any atom is 0.444 e. The highest BCUT2D eigenvalue weighted by molar-refractivity contribution is 6.01. The van der Waals surface area contributed by atoms with Gasteiger partial charge in [-0.2, -0.15) is 0 Å². The zero-order valence-corrected chi connectivity index (χ0v) is 13.6. The lowest BCUT2D eigenvalue weighted by atomic mass is 10.0. The van der Waals surface area contributed by atoms with E-state index >= 15 is 0 Å². The minimum absolute atomic E-state index is 0.0669. The second-order valence-corrected chi connectivity index (χ2v) is 5.55. The van der Waals surface area contributed by atoms with Crippen LogP contribution in [0.2, 0.25) is 0 Å². The molecule has 0 spiro atoms. The number of nitrogens with zero attached hydrogens (tertiary/aromatic N) is 1. The first-order valence-electron chi connectivity index (χ1n) is 6.77. The molecule has 1 atom stereocenters. The van der Waals surface area contributed by atoms with Gasteiger partial charge in [-0.15, -0.1) is 5.06 Å². The largest absolute Gasteiger partial charge is 0.465 e. The summed E-state index contributed by atoms with van der Waals surface area (Å²) >= 11 is 0. The minimum Gasteiger partial charge on any atom is -0.465 e. The third-order valence-corrected chi connectivity index (χ3v) is 2.79. The van der Waals surface area contributed by atoms with Crippen molar-refractivity contribution >= 4 is 18.0 Å². The van der Waals surface area contributed by atoms with Gasteiger partial charge >= 0.3 is 18.0 Å². The Balaban J connectivity index is 3.16. The average Bonchev–Trinajstić information content (AvgIpc) is 2.83. The number of amides is 1. The number of methoxy groups -OCH3 is 2. The molecule has 0 radical (unpaired) electrons. The molecule has 1 aliphatic rings. The van der Waals surface area contributed by atoms with E-state index in [0.29, 0.717) is 6.42 Å². The zero-order chi connectivity index (χ0) is 17.1. The Morgan fingerprint density at radius 2 is 1.68 bits per heavy atom. The van der Waals surface area contributed by atoms with Crippen LogP contribution in [0.25, 0.3) is 0 Å². The molecule has 1 amide bonds. The summed E-state index contributed by atoms with van der Waals surface area (Å²) in [6.45, 7) is 6.81. The zero-order valence-electron chi connectivity index (χ0n) is 13.6. The Hall–Kier alpha value is -2.25. The van der Waals surface area contributed by atoms with E-state index in [-0.39, 0.29) is 11.3 Å². The fourth-order valence-electron chi connectivity index (χ4n) is 1.90. The summed E-state index contributed by atoms with van der Waals surface area (Å²) in [5, 5.41) is 0.851. The lowest BCUT2D eigenvalue weighted by molar-refractivity contribution is -0.153. The molecule has 124 valence electrons. The van der Waals surface area contributed by atoms with Crippen LogP contribution in [0.15, 0.2) is 11.3 Å². The van der Waals surface area contributed by atoms with E-state index in [4.69, 9.17) is 9.57 Å². The van der Waals surface area contributed by atoms with Crippen molar-refractivity contribution in [1.29, 1.82) is 0 Å². The highest BCUT2D eigenvalue weighted by atomic mass is 16.7. The van der Waals surface area contributed by atoms with Gasteiger partial charge in [-0.1, -0.05) is 6.92 Å². The molecule has 0 aromatic rings. The summed E-state index contributed by atoms with van der Waals surface area (Å²) in [5.74, 6) is -2.00. The second-order valence-electron chi connectivity index (χ2n) is 5.55. The molecule has 8 heteroatoms. The van der Waals surface area contributed by atoms with Gasteiger partial charge in [-0.3, -0.25) is 0 Å². The Morgan fingerprint density at radius 3 is 2.09 bits per heavy atom. The molecule has 0 aliphatic carbocycles. The molecule has 1 rings (SSSR count). The number of carbonyl (C=O) groups is 3. The first-order chi connectivity index (χ1) is 10.2. The maximum absolute atomic E-state index is 12.2. The predicted octanol–water partition coefficient (Wildman–Crippen LogP) is 1.55. The Labute approximate surface area is 128 Å². The number of hydrogen-bond donors (Lipinski definition) is 0. The van der Waals surface area contributed by atoms with Gasteiger partial charge in [0.05, 0.1) is 14.2 Å².